The van der Waals surface area contributed by atoms with Crippen LogP contribution in [0.25, 0.3) is 0 Å². The first-order valence-corrected chi connectivity index (χ1v) is 4.94. The van der Waals surface area contributed by atoms with Gasteiger partial charge in [0, 0.05) is 0 Å². The van der Waals surface area contributed by atoms with Crippen LogP contribution in [0.1, 0.15) is 35.2 Å². The lowest BCUT2D eigenvalue weighted by atomic mass is 9.96. The predicted molar refractivity (Wildman–Crippen MR) is 58.1 cm³/mol. The van der Waals surface area contributed by atoms with Gasteiger partial charge < -0.3 is 9.84 Å². The van der Waals surface area contributed by atoms with Crippen LogP contribution in [0.4, 0.5) is 0 Å². The third-order valence-corrected chi connectivity index (χ3v) is 2.33. The van der Waals surface area contributed by atoms with Crippen molar-refractivity contribution in [1.82, 2.24) is 0 Å². The summed E-state index contributed by atoms with van der Waals surface area (Å²) >= 11 is 0. The summed E-state index contributed by atoms with van der Waals surface area (Å²) in [5.41, 5.74) is 0.886. The maximum atomic E-state index is 11.3. The lowest BCUT2D eigenvalue weighted by Crippen LogP contribution is -2.03. The number of nitrogens with zero attached hydrogens (tertiary/aromatic N) is 1. The summed E-state index contributed by atoms with van der Waals surface area (Å²) in [7, 11) is 1.27. The minimum atomic E-state index is -0.523. The fourth-order valence-corrected chi connectivity index (χ4v) is 1.47. The zero-order valence-electron chi connectivity index (χ0n) is 9.23. The molecule has 0 saturated carbocycles. The van der Waals surface area contributed by atoms with Crippen LogP contribution in [-0.2, 0) is 4.74 Å². The number of hydrogen-bond acceptors (Lipinski definition) is 4. The lowest BCUT2D eigenvalue weighted by molar-refractivity contribution is 0.0600. The van der Waals surface area contributed by atoms with E-state index in [1.54, 1.807) is 6.07 Å². The third kappa shape index (κ3) is 2.51. The molecule has 0 aliphatic rings. The van der Waals surface area contributed by atoms with E-state index in [-0.39, 0.29) is 17.2 Å². The fourth-order valence-electron chi connectivity index (χ4n) is 1.47. The van der Waals surface area contributed by atoms with Crippen LogP contribution in [-0.4, -0.2) is 18.2 Å². The van der Waals surface area contributed by atoms with Gasteiger partial charge >= 0.3 is 5.97 Å². The van der Waals surface area contributed by atoms with E-state index in [0.717, 1.165) is 0 Å². The molecule has 0 aromatic heterocycles. The van der Waals surface area contributed by atoms with Crippen LogP contribution >= 0.6 is 0 Å². The minimum Gasteiger partial charge on any atom is -0.508 e. The Bertz CT molecular complexity index is 434. The number of phenols is 1. The molecule has 4 heteroatoms. The molecule has 0 spiro atoms. The molecular formula is C12H13NO3. The smallest absolute Gasteiger partial charge is 0.337 e. The number of methoxy groups -OCH3 is 1. The average molecular weight is 219 g/mol. The highest BCUT2D eigenvalue weighted by atomic mass is 16.5. The summed E-state index contributed by atoms with van der Waals surface area (Å²) in [6.45, 7) is 1.87. The predicted octanol–water partition coefficient (Wildman–Crippen LogP) is 2.20. The summed E-state index contributed by atoms with van der Waals surface area (Å²) < 4.78 is 4.56. The minimum absolute atomic E-state index is 0.0356. The number of benzene rings is 1. The second-order valence-corrected chi connectivity index (χ2v) is 3.39. The highest BCUT2D eigenvalue weighted by Gasteiger charge is 2.13. The zero-order valence-corrected chi connectivity index (χ0v) is 9.23. The molecule has 1 rings (SSSR count). The Morgan fingerprint density at radius 2 is 2.25 bits per heavy atom. The normalized spacial score (nSPS) is 11.6. The van der Waals surface area contributed by atoms with Crippen LogP contribution in [0.5, 0.6) is 5.75 Å². The quantitative estimate of drug-likeness (QED) is 0.791. The number of carbonyl (C=O) groups excluding carboxylic acids is 1. The number of esters is 1. The van der Waals surface area contributed by atoms with Crippen molar-refractivity contribution in [2.24, 2.45) is 0 Å². The summed E-state index contributed by atoms with van der Waals surface area (Å²) in [4.78, 5) is 11.3. The van der Waals surface area contributed by atoms with Gasteiger partial charge in [0.15, 0.2) is 0 Å². The number of aromatic hydroxyl groups is 1. The number of hydrogen-bond donors (Lipinski definition) is 1. The standard InChI is InChI=1S/C12H13NO3/c1-3-8(7-13)9-4-10(12(15)16-2)6-11(14)5-9/h4-6,8,14H,3H2,1-2H3. The van der Waals surface area contributed by atoms with Crippen molar-refractivity contribution in [2.75, 3.05) is 7.11 Å². The van der Waals surface area contributed by atoms with Crippen molar-refractivity contribution in [1.29, 1.82) is 5.26 Å². The van der Waals surface area contributed by atoms with E-state index in [4.69, 9.17) is 5.26 Å². The summed E-state index contributed by atoms with van der Waals surface area (Å²) in [5.74, 6) is -0.882. The first-order chi connectivity index (χ1) is 7.62. The Morgan fingerprint density at radius 1 is 1.56 bits per heavy atom. The van der Waals surface area contributed by atoms with Crippen molar-refractivity contribution >= 4 is 5.97 Å². The molecule has 1 aromatic rings. The largest absolute Gasteiger partial charge is 0.508 e. The van der Waals surface area contributed by atoms with E-state index in [1.165, 1.54) is 19.2 Å². The molecular weight excluding hydrogens is 206 g/mol. The van der Waals surface area contributed by atoms with Crippen LogP contribution < -0.4 is 0 Å². The monoisotopic (exact) mass is 219 g/mol. The molecule has 1 aromatic carbocycles. The van der Waals surface area contributed by atoms with E-state index < -0.39 is 5.97 Å². The SMILES string of the molecule is CCC(C#N)c1cc(O)cc(C(=O)OC)c1. The number of ether oxygens (including phenoxy) is 1. The first kappa shape index (κ1) is 12.1. The van der Waals surface area contributed by atoms with Gasteiger partial charge in [-0.2, -0.15) is 5.26 Å². The lowest BCUT2D eigenvalue weighted by Gasteiger charge is -2.09. The molecule has 0 radical (unpaired) electrons. The topological polar surface area (TPSA) is 70.3 Å². The van der Waals surface area contributed by atoms with Crippen molar-refractivity contribution in [2.45, 2.75) is 19.3 Å². The molecule has 0 aliphatic heterocycles. The van der Waals surface area contributed by atoms with Gasteiger partial charge in [0.2, 0.25) is 0 Å². The molecule has 1 N–H and O–H groups in total. The summed E-state index contributed by atoms with van der Waals surface area (Å²) in [6.07, 6.45) is 0.626. The van der Waals surface area contributed by atoms with Crippen LogP contribution in [0, 0.1) is 11.3 Å². The molecule has 0 bridgehead atoms. The molecule has 4 nitrogen and oxygen atoms in total. The highest BCUT2D eigenvalue weighted by Crippen LogP contribution is 2.24. The van der Waals surface area contributed by atoms with E-state index >= 15 is 0 Å². The molecule has 16 heavy (non-hydrogen) atoms. The van der Waals surface area contributed by atoms with Gasteiger partial charge in [-0.25, -0.2) is 4.79 Å². The average Bonchev–Trinajstić information content (AvgIpc) is 2.29. The van der Waals surface area contributed by atoms with Crippen LogP contribution in [0.2, 0.25) is 0 Å². The number of rotatable bonds is 3. The molecule has 0 heterocycles. The van der Waals surface area contributed by atoms with Crippen molar-refractivity contribution < 1.29 is 14.6 Å². The van der Waals surface area contributed by atoms with Crippen LogP contribution in [0.15, 0.2) is 18.2 Å². The second-order valence-electron chi connectivity index (χ2n) is 3.39. The maximum Gasteiger partial charge on any atom is 0.337 e. The Morgan fingerprint density at radius 3 is 2.75 bits per heavy atom. The summed E-state index contributed by atoms with van der Waals surface area (Å²) in [5, 5.41) is 18.4. The first-order valence-electron chi connectivity index (χ1n) is 4.94. The molecule has 0 aliphatic carbocycles. The second kappa shape index (κ2) is 5.17. The van der Waals surface area contributed by atoms with E-state index in [0.29, 0.717) is 12.0 Å². The molecule has 0 fully saturated rings. The third-order valence-electron chi connectivity index (χ3n) is 2.33. The van der Waals surface area contributed by atoms with Gasteiger partial charge in [-0.05, 0) is 30.2 Å². The number of nitriles is 1. The van der Waals surface area contributed by atoms with Gasteiger partial charge in [0.25, 0.3) is 0 Å². The molecule has 1 atom stereocenters. The highest BCUT2D eigenvalue weighted by molar-refractivity contribution is 5.90. The Labute approximate surface area is 94.1 Å². The van der Waals surface area contributed by atoms with Gasteiger partial charge in [-0.3, -0.25) is 0 Å². The van der Waals surface area contributed by atoms with Crippen LogP contribution in [0.3, 0.4) is 0 Å². The zero-order chi connectivity index (χ0) is 12.1. The molecule has 1 unspecified atom stereocenters. The van der Waals surface area contributed by atoms with Crippen molar-refractivity contribution in [3.8, 4) is 11.8 Å². The Hall–Kier alpha value is -2.02. The fraction of sp³-hybridized carbons (Fsp3) is 0.333. The van der Waals surface area contributed by atoms with E-state index in [9.17, 15) is 9.90 Å². The van der Waals surface area contributed by atoms with Gasteiger partial charge in [0.1, 0.15) is 5.75 Å². The van der Waals surface area contributed by atoms with Crippen molar-refractivity contribution in [3.05, 3.63) is 29.3 Å². The van der Waals surface area contributed by atoms with E-state index in [2.05, 4.69) is 10.8 Å². The summed E-state index contributed by atoms with van der Waals surface area (Å²) in [6, 6.07) is 6.50. The molecule has 84 valence electrons. The molecule has 0 amide bonds. The number of carbonyl (C=O) groups is 1. The van der Waals surface area contributed by atoms with Gasteiger partial charge in [-0.1, -0.05) is 6.92 Å². The number of phenolic OH excluding ortho intramolecular Hbond substituents is 1. The van der Waals surface area contributed by atoms with Gasteiger partial charge in [-0.15, -0.1) is 0 Å². The van der Waals surface area contributed by atoms with Crippen molar-refractivity contribution in [3.63, 3.8) is 0 Å². The Kier molecular flexibility index (Phi) is 3.90. The van der Waals surface area contributed by atoms with E-state index in [1.807, 2.05) is 6.92 Å². The van der Waals surface area contributed by atoms with Gasteiger partial charge in [0.05, 0.1) is 24.7 Å². The molecule has 0 saturated heterocycles. The maximum absolute atomic E-state index is 11.3. The Balaban J connectivity index is 3.18.